The predicted molar refractivity (Wildman–Crippen MR) is 92.5 cm³/mol. The zero-order valence-corrected chi connectivity index (χ0v) is 14.4. The molecule has 1 unspecified atom stereocenters. The van der Waals surface area contributed by atoms with Gasteiger partial charge in [0.05, 0.1) is 20.3 Å². The standard InChI is InChI=1S/C18H23N3O3/c1-21(2)15(12-20-18(22)13-7-9-19-10-8-13)14-5-6-16(23-3)17(11-14)24-4/h5-11,15H,12H2,1-4H3,(H,20,22). The minimum absolute atomic E-state index is 0.00981. The van der Waals surface area contributed by atoms with Crippen LogP contribution in [-0.2, 0) is 0 Å². The van der Waals surface area contributed by atoms with Gasteiger partial charge in [-0.05, 0) is 43.9 Å². The van der Waals surface area contributed by atoms with Crippen molar-refractivity contribution in [2.24, 2.45) is 0 Å². The quantitative estimate of drug-likeness (QED) is 0.843. The molecule has 0 aliphatic heterocycles. The van der Waals surface area contributed by atoms with E-state index in [2.05, 4.69) is 10.3 Å². The molecule has 0 radical (unpaired) electrons. The van der Waals surface area contributed by atoms with Crippen molar-refractivity contribution in [2.75, 3.05) is 34.9 Å². The molecule has 1 atom stereocenters. The monoisotopic (exact) mass is 329 g/mol. The van der Waals surface area contributed by atoms with Crippen molar-refractivity contribution in [1.29, 1.82) is 0 Å². The van der Waals surface area contributed by atoms with E-state index in [0.717, 1.165) is 5.56 Å². The number of ether oxygens (including phenoxy) is 2. The van der Waals surface area contributed by atoms with Gasteiger partial charge in [0.2, 0.25) is 0 Å². The van der Waals surface area contributed by atoms with Gasteiger partial charge >= 0.3 is 0 Å². The van der Waals surface area contributed by atoms with Crippen molar-refractivity contribution in [3.05, 3.63) is 53.9 Å². The summed E-state index contributed by atoms with van der Waals surface area (Å²) in [4.78, 5) is 18.2. The molecule has 128 valence electrons. The van der Waals surface area contributed by atoms with Crippen LogP contribution in [0.15, 0.2) is 42.7 Å². The third-order valence-corrected chi connectivity index (χ3v) is 3.81. The highest BCUT2D eigenvalue weighted by Crippen LogP contribution is 2.31. The Bertz CT molecular complexity index is 674. The zero-order valence-electron chi connectivity index (χ0n) is 14.4. The van der Waals surface area contributed by atoms with Crippen LogP contribution in [0.1, 0.15) is 22.0 Å². The summed E-state index contributed by atoms with van der Waals surface area (Å²) < 4.78 is 10.6. The molecule has 1 aromatic carbocycles. The van der Waals surface area contributed by atoms with Gasteiger partial charge in [-0.25, -0.2) is 0 Å². The molecule has 1 aromatic heterocycles. The Morgan fingerprint density at radius 1 is 1.12 bits per heavy atom. The topological polar surface area (TPSA) is 63.7 Å². The number of carbonyl (C=O) groups is 1. The first kappa shape index (κ1) is 17.7. The molecule has 0 saturated carbocycles. The van der Waals surface area contributed by atoms with Crippen molar-refractivity contribution in [2.45, 2.75) is 6.04 Å². The lowest BCUT2D eigenvalue weighted by Crippen LogP contribution is -2.34. The first-order chi connectivity index (χ1) is 11.6. The maximum absolute atomic E-state index is 12.2. The van der Waals surface area contributed by atoms with E-state index in [1.807, 2.05) is 37.2 Å². The molecule has 0 saturated heterocycles. The molecule has 6 heteroatoms. The van der Waals surface area contributed by atoms with E-state index < -0.39 is 0 Å². The molecule has 0 bridgehead atoms. The Morgan fingerprint density at radius 2 is 1.79 bits per heavy atom. The number of benzene rings is 1. The van der Waals surface area contributed by atoms with E-state index >= 15 is 0 Å². The SMILES string of the molecule is COc1ccc(C(CNC(=O)c2ccncc2)N(C)C)cc1OC. The largest absolute Gasteiger partial charge is 0.493 e. The fourth-order valence-electron chi connectivity index (χ4n) is 2.45. The molecule has 2 aromatic rings. The Kier molecular flexibility index (Phi) is 6.14. The number of pyridine rings is 1. The molecule has 0 fully saturated rings. The Hall–Kier alpha value is -2.60. The molecule has 6 nitrogen and oxygen atoms in total. The van der Waals surface area contributed by atoms with Gasteiger partial charge in [-0.15, -0.1) is 0 Å². The fourth-order valence-corrected chi connectivity index (χ4v) is 2.45. The van der Waals surface area contributed by atoms with Crippen molar-refractivity contribution in [3.8, 4) is 11.5 Å². The highest BCUT2D eigenvalue weighted by atomic mass is 16.5. The second-order valence-electron chi connectivity index (χ2n) is 5.54. The fraction of sp³-hybridized carbons (Fsp3) is 0.333. The lowest BCUT2D eigenvalue weighted by atomic mass is 10.0. The molecule has 24 heavy (non-hydrogen) atoms. The smallest absolute Gasteiger partial charge is 0.251 e. The van der Waals surface area contributed by atoms with Gasteiger partial charge in [-0.3, -0.25) is 9.78 Å². The number of amides is 1. The lowest BCUT2D eigenvalue weighted by Gasteiger charge is -2.26. The van der Waals surface area contributed by atoms with Gasteiger partial charge in [0, 0.05) is 24.5 Å². The highest BCUT2D eigenvalue weighted by Gasteiger charge is 2.18. The Labute approximate surface area is 142 Å². The van der Waals surface area contributed by atoms with Crippen LogP contribution >= 0.6 is 0 Å². The van der Waals surface area contributed by atoms with Gasteiger partial charge in [0.1, 0.15) is 0 Å². The molecule has 0 aliphatic rings. The summed E-state index contributed by atoms with van der Waals surface area (Å²) in [5.74, 6) is 1.23. The molecule has 0 spiro atoms. The van der Waals surface area contributed by atoms with E-state index in [1.54, 1.807) is 38.7 Å². The number of likely N-dealkylation sites (N-methyl/N-ethyl adjacent to an activating group) is 1. The third kappa shape index (κ3) is 4.23. The average molecular weight is 329 g/mol. The maximum atomic E-state index is 12.2. The van der Waals surface area contributed by atoms with E-state index in [4.69, 9.17) is 9.47 Å². The van der Waals surface area contributed by atoms with Crippen LogP contribution in [0.3, 0.4) is 0 Å². The van der Waals surface area contributed by atoms with Gasteiger partial charge in [-0.1, -0.05) is 6.07 Å². The van der Waals surface area contributed by atoms with Crippen LogP contribution in [-0.4, -0.2) is 50.7 Å². The average Bonchev–Trinajstić information content (AvgIpc) is 2.61. The molecular formula is C18H23N3O3. The summed E-state index contributed by atoms with van der Waals surface area (Å²) in [6.45, 7) is 0.476. The molecule has 1 heterocycles. The number of nitrogens with one attached hydrogen (secondary N) is 1. The molecular weight excluding hydrogens is 306 g/mol. The van der Waals surface area contributed by atoms with Gasteiger partial charge < -0.3 is 19.7 Å². The Balaban J connectivity index is 2.14. The number of methoxy groups -OCH3 is 2. The normalized spacial score (nSPS) is 11.9. The molecule has 1 amide bonds. The summed E-state index contributed by atoms with van der Waals surface area (Å²) >= 11 is 0. The van der Waals surface area contributed by atoms with Crippen LogP contribution < -0.4 is 14.8 Å². The number of aromatic nitrogens is 1. The predicted octanol–water partition coefficient (Wildman–Crippen LogP) is 2.13. The van der Waals surface area contributed by atoms with Crippen LogP contribution in [0, 0.1) is 0 Å². The van der Waals surface area contributed by atoms with Gasteiger partial charge in [0.25, 0.3) is 5.91 Å². The minimum Gasteiger partial charge on any atom is -0.493 e. The number of nitrogens with zero attached hydrogens (tertiary/aromatic N) is 2. The van der Waals surface area contributed by atoms with E-state index in [0.29, 0.717) is 23.6 Å². The van der Waals surface area contributed by atoms with Crippen molar-refractivity contribution in [3.63, 3.8) is 0 Å². The van der Waals surface area contributed by atoms with E-state index in [-0.39, 0.29) is 11.9 Å². The number of hydrogen-bond donors (Lipinski definition) is 1. The van der Waals surface area contributed by atoms with Crippen molar-refractivity contribution >= 4 is 5.91 Å². The van der Waals surface area contributed by atoms with E-state index in [9.17, 15) is 4.79 Å². The molecule has 2 rings (SSSR count). The number of rotatable bonds is 7. The summed E-state index contributed by atoms with van der Waals surface area (Å²) in [6, 6.07) is 9.17. The summed E-state index contributed by atoms with van der Waals surface area (Å²) in [7, 11) is 7.16. The van der Waals surface area contributed by atoms with Crippen LogP contribution in [0.2, 0.25) is 0 Å². The van der Waals surface area contributed by atoms with Crippen LogP contribution in [0.25, 0.3) is 0 Å². The van der Waals surface area contributed by atoms with Crippen LogP contribution in [0.4, 0.5) is 0 Å². The Morgan fingerprint density at radius 3 is 2.38 bits per heavy atom. The van der Waals surface area contributed by atoms with Gasteiger partial charge in [0.15, 0.2) is 11.5 Å². The number of carbonyl (C=O) groups excluding carboxylic acids is 1. The molecule has 0 aliphatic carbocycles. The molecule has 1 N–H and O–H groups in total. The van der Waals surface area contributed by atoms with Crippen molar-refractivity contribution in [1.82, 2.24) is 15.2 Å². The third-order valence-electron chi connectivity index (χ3n) is 3.81. The highest BCUT2D eigenvalue weighted by molar-refractivity contribution is 5.93. The van der Waals surface area contributed by atoms with Crippen LogP contribution in [0.5, 0.6) is 11.5 Å². The zero-order chi connectivity index (χ0) is 17.5. The summed E-state index contributed by atoms with van der Waals surface area (Å²) in [6.07, 6.45) is 3.21. The maximum Gasteiger partial charge on any atom is 0.251 e. The number of hydrogen-bond acceptors (Lipinski definition) is 5. The summed E-state index contributed by atoms with van der Waals surface area (Å²) in [5.41, 5.74) is 1.63. The van der Waals surface area contributed by atoms with Gasteiger partial charge in [-0.2, -0.15) is 0 Å². The second-order valence-corrected chi connectivity index (χ2v) is 5.54. The minimum atomic E-state index is -0.121. The van der Waals surface area contributed by atoms with E-state index in [1.165, 1.54) is 0 Å². The van der Waals surface area contributed by atoms with Crippen molar-refractivity contribution < 1.29 is 14.3 Å². The lowest BCUT2D eigenvalue weighted by molar-refractivity contribution is 0.0942. The second kappa shape index (κ2) is 8.31. The first-order valence-electron chi connectivity index (χ1n) is 7.63. The summed E-state index contributed by atoms with van der Waals surface area (Å²) in [5, 5.41) is 2.96. The first-order valence-corrected chi connectivity index (χ1v) is 7.63.